The van der Waals surface area contributed by atoms with Crippen LogP contribution in [0.4, 0.5) is 5.69 Å². The number of pyridine rings is 1. The van der Waals surface area contributed by atoms with E-state index in [0.29, 0.717) is 45.1 Å². The van der Waals surface area contributed by atoms with Crippen LogP contribution in [0, 0.1) is 5.41 Å². The van der Waals surface area contributed by atoms with Gasteiger partial charge in [0.15, 0.2) is 0 Å². The molecule has 0 spiro atoms. The van der Waals surface area contributed by atoms with Crippen LogP contribution in [-0.4, -0.2) is 16.9 Å². The van der Waals surface area contributed by atoms with Crippen LogP contribution in [0.3, 0.4) is 0 Å². The number of nitrogens with one attached hydrogen (secondary N) is 1. The van der Waals surface area contributed by atoms with Crippen molar-refractivity contribution in [3.05, 3.63) is 87.5 Å². The average Bonchev–Trinajstić information content (AvgIpc) is 3.20. The molecule has 0 radical (unpaired) electrons. The molecule has 3 aromatic rings. The Balaban J connectivity index is 1.44. The molecule has 0 fully saturated rings. The fourth-order valence-corrected chi connectivity index (χ4v) is 3.52. The quantitative estimate of drug-likeness (QED) is 0.387. The van der Waals surface area contributed by atoms with E-state index in [-0.39, 0.29) is 11.9 Å². The molecule has 6 nitrogen and oxygen atoms in total. The molecule has 0 unspecified atom stereocenters. The summed E-state index contributed by atoms with van der Waals surface area (Å²) in [6.07, 6.45) is 3.95. The van der Waals surface area contributed by atoms with E-state index in [1.807, 2.05) is 45.0 Å². The first-order valence-electron chi connectivity index (χ1n) is 10.6. The lowest BCUT2D eigenvalue weighted by Crippen LogP contribution is -2.22. The number of benzene rings is 2. The third-order valence-corrected chi connectivity index (χ3v) is 5.83. The van der Waals surface area contributed by atoms with Gasteiger partial charge in [-0.1, -0.05) is 35.3 Å². The predicted octanol–water partition coefficient (Wildman–Crippen LogP) is 6.92. The molecule has 1 heterocycles. The zero-order chi connectivity index (χ0) is 24.5. The topological polar surface area (TPSA) is 77.5 Å². The number of hydrogen-bond acceptors (Lipinski definition) is 5. The highest BCUT2D eigenvalue weighted by Gasteiger charge is 2.28. The molecule has 1 amide bonds. The van der Waals surface area contributed by atoms with Gasteiger partial charge in [0.05, 0.1) is 27.3 Å². The van der Waals surface area contributed by atoms with Crippen LogP contribution < -0.4 is 10.1 Å². The fourth-order valence-electron chi connectivity index (χ4n) is 3.22. The Morgan fingerprint density at radius 1 is 1.03 bits per heavy atom. The molecule has 1 aliphatic carbocycles. The molecule has 0 aliphatic heterocycles. The van der Waals surface area contributed by atoms with E-state index < -0.39 is 5.41 Å². The molecule has 174 valence electrons. The van der Waals surface area contributed by atoms with Gasteiger partial charge >= 0.3 is 5.97 Å². The van der Waals surface area contributed by atoms with Crippen molar-refractivity contribution in [3.63, 3.8) is 0 Å². The molecule has 0 saturated carbocycles. The SMILES string of the molecule is CC(C)(C)C(=O)OC1=CCc2c(Oc3ccc(NC(=O)c4ccc(Cl)c(Cl)c4)cn3)cccc21. The predicted molar refractivity (Wildman–Crippen MR) is 132 cm³/mol. The van der Waals surface area contributed by atoms with Crippen LogP contribution in [-0.2, 0) is 16.0 Å². The Hall–Kier alpha value is -3.35. The Labute approximate surface area is 207 Å². The minimum Gasteiger partial charge on any atom is -0.439 e. The second kappa shape index (κ2) is 9.49. The van der Waals surface area contributed by atoms with Gasteiger partial charge in [-0.05, 0) is 63.6 Å². The van der Waals surface area contributed by atoms with Crippen molar-refractivity contribution < 1.29 is 19.1 Å². The summed E-state index contributed by atoms with van der Waals surface area (Å²) in [6, 6.07) is 13.6. The first kappa shape index (κ1) is 23.8. The van der Waals surface area contributed by atoms with Gasteiger partial charge in [0, 0.05) is 22.8 Å². The van der Waals surface area contributed by atoms with Crippen LogP contribution in [0.5, 0.6) is 11.6 Å². The first-order valence-corrected chi connectivity index (χ1v) is 11.3. The monoisotopic (exact) mass is 496 g/mol. The molecular weight excluding hydrogens is 475 g/mol. The number of hydrogen-bond donors (Lipinski definition) is 1. The molecule has 0 atom stereocenters. The van der Waals surface area contributed by atoms with Crippen molar-refractivity contribution in [2.75, 3.05) is 5.32 Å². The van der Waals surface area contributed by atoms with Gasteiger partial charge in [0.25, 0.3) is 5.91 Å². The van der Waals surface area contributed by atoms with Gasteiger partial charge in [0.2, 0.25) is 5.88 Å². The number of carbonyl (C=O) groups is 2. The van der Waals surface area contributed by atoms with E-state index in [0.717, 1.165) is 11.1 Å². The maximum atomic E-state index is 12.4. The Bertz CT molecular complexity index is 1300. The van der Waals surface area contributed by atoms with Crippen LogP contribution >= 0.6 is 23.2 Å². The summed E-state index contributed by atoms with van der Waals surface area (Å²) < 4.78 is 11.6. The molecule has 1 aliphatic rings. The number of aromatic nitrogens is 1. The van der Waals surface area contributed by atoms with Crippen LogP contribution in [0.2, 0.25) is 10.0 Å². The lowest BCUT2D eigenvalue weighted by molar-refractivity contribution is -0.145. The van der Waals surface area contributed by atoms with Crippen LogP contribution in [0.1, 0.15) is 42.3 Å². The lowest BCUT2D eigenvalue weighted by atomic mass is 9.97. The number of anilines is 1. The molecule has 1 N–H and O–H groups in total. The zero-order valence-corrected chi connectivity index (χ0v) is 20.3. The standard InChI is InChI=1S/C26H22Cl2N2O4/c1-26(2,3)25(32)34-22-11-9-18-17(22)5-4-6-21(18)33-23-12-8-16(14-29-23)30-24(31)15-7-10-19(27)20(28)13-15/h4-8,10-14H,9H2,1-3H3,(H,30,31). The largest absolute Gasteiger partial charge is 0.439 e. The summed E-state index contributed by atoms with van der Waals surface area (Å²) in [5.74, 6) is 0.891. The van der Waals surface area contributed by atoms with E-state index in [1.165, 1.54) is 12.3 Å². The number of carbonyl (C=O) groups excluding carboxylic acids is 2. The summed E-state index contributed by atoms with van der Waals surface area (Å²) >= 11 is 11.9. The number of allylic oxidation sites excluding steroid dienone is 1. The van der Waals surface area contributed by atoms with Crippen LogP contribution in [0.15, 0.2) is 60.8 Å². The highest BCUT2D eigenvalue weighted by Crippen LogP contribution is 2.37. The van der Waals surface area contributed by atoms with Crippen molar-refractivity contribution in [1.82, 2.24) is 4.98 Å². The number of halogens is 2. The first-order chi connectivity index (χ1) is 16.1. The summed E-state index contributed by atoms with van der Waals surface area (Å²) in [4.78, 5) is 29.0. The van der Waals surface area contributed by atoms with Gasteiger partial charge in [-0.25, -0.2) is 4.98 Å². The van der Waals surface area contributed by atoms with E-state index in [2.05, 4.69) is 10.3 Å². The van der Waals surface area contributed by atoms with Crippen LogP contribution in [0.25, 0.3) is 5.76 Å². The minimum atomic E-state index is -0.599. The molecule has 34 heavy (non-hydrogen) atoms. The lowest BCUT2D eigenvalue weighted by Gasteiger charge is -2.17. The Morgan fingerprint density at radius 3 is 2.50 bits per heavy atom. The van der Waals surface area contributed by atoms with Gasteiger partial charge < -0.3 is 14.8 Å². The maximum absolute atomic E-state index is 12.4. The van der Waals surface area contributed by atoms with E-state index in [1.54, 1.807) is 24.3 Å². The van der Waals surface area contributed by atoms with Crippen molar-refractivity contribution in [2.24, 2.45) is 5.41 Å². The van der Waals surface area contributed by atoms with Crippen molar-refractivity contribution in [1.29, 1.82) is 0 Å². The van der Waals surface area contributed by atoms with E-state index in [4.69, 9.17) is 32.7 Å². The smallest absolute Gasteiger partial charge is 0.316 e. The molecule has 0 bridgehead atoms. The highest BCUT2D eigenvalue weighted by molar-refractivity contribution is 6.42. The summed E-state index contributed by atoms with van der Waals surface area (Å²) in [7, 11) is 0. The number of fused-ring (bicyclic) bond motifs is 1. The second-order valence-electron chi connectivity index (χ2n) is 8.76. The van der Waals surface area contributed by atoms with Gasteiger partial charge in [-0.15, -0.1) is 0 Å². The number of nitrogens with zero attached hydrogens (tertiary/aromatic N) is 1. The normalized spacial score (nSPS) is 12.6. The molecule has 8 heteroatoms. The van der Waals surface area contributed by atoms with E-state index >= 15 is 0 Å². The van der Waals surface area contributed by atoms with E-state index in [9.17, 15) is 9.59 Å². The highest BCUT2D eigenvalue weighted by atomic mass is 35.5. The molecule has 1 aromatic heterocycles. The molecule has 2 aromatic carbocycles. The third kappa shape index (κ3) is 5.24. The zero-order valence-electron chi connectivity index (χ0n) is 18.8. The van der Waals surface area contributed by atoms with Crippen molar-refractivity contribution >= 4 is 46.5 Å². The average molecular weight is 497 g/mol. The van der Waals surface area contributed by atoms with Gasteiger partial charge in [-0.3, -0.25) is 9.59 Å². The minimum absolute atomic E-state index is 0.293. The number of ether oxygens (including phenoxy) is 2. The summed E-state index contributed by atoms with van der Waals surface area (Å²) in [5, 5.41) is 3.44. The molecule has 0 saturated heterocycles. The number of rotatable bonds is 5. The maximum Gasteiger partial charge on any atom is 0.316 e. The Kier molecular flexibility index (Phi) is 6.64. The summed E-state index contributed by atoms with van der Waals surface area (Å²) in [6.45, 7) is 5.44. The number of amides is 1. The number of esters is 1. The molecular formula is C26H22Cl2N2O4. The van der Waals surface area contributed by atoms with Gasteiger partial charge in [-0.2, -0.15) is 0 Å². The summed E-state index contributed by atoms with van der Waals surface area (Å²) in [5.41, 5.74) is 2.02. The van der Waals surface area contributed by atoms with Crippen molar-refractivity contribution in [2.45, 2.75) is 27.2 Å². The second-order valence-corrected chi connectivity index (χ2v) is 9.58. The molecule has 4 rings (SSSR count). The van der Waals surface area contributed by atoms with Gasteiger partial charge in [0.1, 0.15) is 11.5 Å². The Morgan fingerprint density at radius 2 is 1.82 bits per heavy atom. The van der Waals surface area contributed by atoms with Crippen molar-refractivity contribution in [3.8, 4) is 11.6 Å². The third-order valence-electron chi connectivity index (χ3n) is 5.10. The fraction of sp³-hybridized carbons (Fsp3) is 0.192.